The summed E-state index contributed by atoms with van der Waals surface area (Å²) in [4.78, 5) is 11.4. The van der Waals surface area contributed by atoms with Gasteiger partial charge in [-0.15, -0.1) is 0 Å². The van der Waals surface area contributed by atoms with E-state index in [9.17, 15) is 13.2 Å². The molecule has 1 saturated carbocycles. The molecule has 6 nitrogen and oxygen atoms in total. The van der Waals surface area contributed by atoms with E-state index in [1.54, 1.807) is 0 Å². The van der Waals surface area contributed by atoms with Gasteiger partial charge in [-0.05, 0) is 25.7 Å². The molecular weight excluding hydrogens is 244 g/mol. The molecule has 0 aromatic heterocycles. The van der Waals surface area contributed by atoms with Crippen LogP contribution >= 0.6 is 0 Å². The number of methoxy groups -OCH3 is 1. The van der Waals surface area contributed by atoms with Gasteiger partial charge in [0.1, 0.15) is 0 Å². The number of nitrogens with zero attached hydrogens (tertiary/aromatic N) is 1. The first-order valence-electron chi connectivity index (χ1n) is 5.88. The van der Waals surface area contributed by atoms with E-state index in [0.717, 1.165) is 12.8 Å². The van der Waals surface area contributed by atoms with Crippen LogP contribution in [0.1, 0.15) is 25.7 Å². The summed E-state index contributed by atoms with van der Waals surface area (Å²) in [5, 5.41) is 0. The Morgan fingerprint density at radius 1 is 1.35 bits per heavy atom. The lowest BCUT2D eigenvalue weighted by Gasteiger charge is -2.30. The molecule has 1 unspecified atom stereocenters. The number of ether oxygens (including phenoxy) is 1. The van der Waals surface area contributed by atoms with Crippen LogP contribution in [0.15, 0.2) is 0 Å². The van der Waals surface area contributed by atoms with Gasteiger partial charge in [0.15, 0.2) is 0 Å². The fourth-order valence-corrected chi connectivity index (χ4v) is 3.56. The molecule has 2 aliphatic rings. The van der Waals surface area contributed by atoms with Crippen LogP contribution in [-0.2, 0) is 19.7 Å². The summed E-state index contributed by atoms with van der Waals surface area (Å²) in [5.41, 5.74) is 0. The lowest BCUT2D eigenvalue weighted by atomic mass is 10.0. The van der Waals surface area contributed by atoms with E-state index in [1.165, 1.54) is 11.4 Å². The van der Waals surface area contributed by atoms with Crippen molar-refractivity contribution >= 4 is 16.2 Å². The molecule has 1 aliphatic heterocycles. The van der Waals surface area contributed by atoms with Crippen molar-refractivity contribution in [2.75, 3.05) is 20.2 Å². The molecule has 7 heteroatoms. The average molecular weight is 262 g/mol. The van der Waals surface area contributed by atoms with Crippen LogP contribution < -0.4 is 4.72 Å². The molecule has 1 aliphatic carbocycles. The number of rotatable bonds is 4. The average Bonchev–Trinajstić information content (AvgIpc) is 3.11. The molecule has 0 spiro atoms. The molecule has 1 heterocycles. The molecule has 98 valence electrons. The summed E-state index contributed by atoms with van der Waals surface area (Å²) in [5.74, 6) is -0.652. The van der Waals surface area contributed by atoms with Crippen LogP contribution in [-0.4, -0.2) is 44.9 Å². The molecule has 0 aromatic carbocycles. The molecule has 1 saturated heterocycles. The minimum absolute atomic E-state index is 0.0958. The highest BCUT2D eigenvalue weighted by Gasteiger charge is 2.35. The van der Waals surface area contributed by atoms with Crippen molar-refractivity contribution in [1.82, 2.24) is 9.03 Å². The van der Waals surface area contributed by atoms with Crippen molar-refractivity contribution in [3.8, 4) is 0 Å². The van der Waals surface area contributed by atoms with Crippen molar-refractivity contribution in [3.63, 3.8) is 0 Å². The Bertz CT molecular complexity index is 391. The maximum atomic E-state index is 12.0. The Kier molecular flexibility index (Phi) is 3.70. The summed E-state index contributed by atoms with van der Waals surface area (Å²) in [6, 6.07) is 0.0958. The number of carbonyl (C=O) groups is 1. The molecule has 0 aromatic rings. The first-order chi connectivity index (χ1) is 8.03. The van der Waals surface area contributed by atoms with E-state index in [4.69, 9.17) is 0 Å². The summed E-state index contributed by atoms with van der Waals surface area (Å²) >= 11 is 0. The second-order valence-corrected chi connectivity index (χ2v) is 6.32. The Balaban J connectivity index is 1.98. The van der Waals surface area contributed by atoms with Crippen molar-refractivity contribution < 1.29 is 17.9 Å². The number of carbonyl (C=O) groups excluding carboxylic acids is 1. The highest BCUT2D eigenvalue weighted by atomic mass is 32.2. The van der Waals surface area contributed by atoms with E-state index in [-0.39, 0.29) is 24.5 Å². The zero-order chi connectivity index (χ0) is 12.5. The first kappa shape index (κ1) is 12.8. The van der Waals surface area contributed by atoms with Gasteiger partial charge in [0.2, 0.25) is 0 Å². The van der Waals surface area contributed by atoms with Crippen molar-refractivity contribution in [2.45, 2.75) is 31.7 Å². The number of nitrogens with one attached hydrogen (secondary N) is 1. The zero-order valence-electron chi connectivity index (χ0n) is 9.89. The SMILES string of the molecule is COC(=O)C1CCCN(S(=O)(=O)NC2CC2)C1. The Hall–Kier alpha value is -0.660. The van der Waals surface area contributed by atoms with Crippen LogP contribution in [0, 0.1) is 5.92 Å². The quantitative estimate of drug-likeness (QED) is 0.716. The van der Waals surface area contributed by atoms with E-state index in [0.29, 0.717) is 19.4 Å². The highest BCUT2D eigenvalue weighted by molar-refractivity contribution is 7.87. The highest BCUT2D eigenvalue weighted by Crippen LogP contribution is 2.23. The molecule has 17 heavy (non-hydrogen) atoms. The molecule has 0 bridgehead atoms. The van der Waals surface area contributed by atoms with Crippen LogP contribution in [0.3, 0.4) is 0 Å². The van der Waals surface area contributed by atoms with Gasteiger partial charge < -0.3 is 4.74 Å². The van der Waals surface area contributed by atoms with Crippen LogP contribution in [0.25, 0.3) is 0 Å². The summed E-state index contributed by atoms with van der Waals surface area (Å²) in [6.07, 6.45) is 3.22. The first-order valence-corrected chi connectivity index (χ1v) is 7.32. The van der Waals surface area contributed by atoms with Gasteiger partial charge >= 0.3 is 5.97 Å². The van der Waals surface area contributed by atoms with Gasteiger partial charge in [0.05, 0.1) is 13.0 Å². The lowest BCUT2D eigenvalue weighted by Crippen LogP contribution is -2.48. The van der Waals surface area contributed by atoms with Gasteiger partial charge in [0, 0.05) is 19.1 Å². The lowest BCUT2D eigenvalue weighted by molar-refractivity contribution is -0.146. The van der Waals surface area contributed by atoms with Gasteiger partial charge in [0.25, 0.3) is 10.2 Å². The topological polar surface area (TPSA) is 75.7 Å². The van der Waals surface area contributed by atoms with Crippen LogP contribution in [0.2, 0.25) is 0 Å². The van der Waals surface area contributed by atoms with Gasteiger partial charge in [-0.25, -0.2) is 0 Å². The van der Waals surface area contributed by atoms with Gasteiger partial charge in [-0.2, -0.15) is 17.4 Å². The standard InChI is InChI=1S/C10H18N2O4S/c1-16-10(13)8-3-2-6-12(7-8)17(14,15)11-9-4-5-9/h8-9,11H,2-7H2,1H3. The third-order valence-corrected chi connectivity index (χ3v) is 4.79. The Labute approximate surface area is 101 Å². The molecular formula is C10H18N2O4S. The molecule has 2 rings (SSSR count). The summed E-state index contributed by atoms with van der Waals surface area (Å²) < 4.78 is 32.6. The van der Waals surface area contributed by atoms with E-state index < -0.39 is 10.2 Å². The summed E-state index contributed by atoms with van der Waals surface area (Å²) in [7, 11) is -2.09. The second-order valence-electron chi connectivity index (χ2n) is 4.62. The predicted octanol–water partition coefficient (Wildman–Crippen LogP) is -0.132. The third kappa shape index (κ3) is 3.17. The number of piperidine rings is 1. The Morgan fingerprint density at radius 2 is 2.06 bits per heavy atom. The number of esters is 1. The largest absolute Gasteiger partial charge is 0.469 e. The Morgan fingerprint density at radius 3 is 2.65 bits per heavy atom. The zero-order valence-corrected chi connectivity index (χ0v) is 10.7. The molecule has 1 atom stereocenters. The van der Waals surface area contributed by atoms with Gasteiger partial charge in [-0.3, -0.25) is 4.79 Å². The van der Waals surface area contributed by atoms with E-state index >= 15 is 0 Å². The summed E-state index contributed by atoms with van der Waals surface area (Å²) in [6.45, 7) is 0.713. The van der Waals surface area contributed by atoms with Crippen LogP contribution in [0.5, 0.6) is 0 Å². The van der Waals surface area contributed by atoms with Crippen molar-refractivity contribution in [1.29, 1.82) is 0 Å². The maximum absolute atomic E-state index is 12.0. The van der Waals surface area contributed by atoms with E-state index in [2.05, 4.69) is 9.46 Å². The third-order valence-electron chi connectivity index (χ3n) is 3.15. The van der Waals surface area contributed by atoms with Crippen LogP contribution in [0.4, 0.5) is 0 Å². The smallest absolute Gasteiger partial charge is 0.309 e. The molecule has 0 amide bonds. The van der Waals surface area contributed by atoms with Gasteiger partial charge in [-0.1, -0.05) is 0 Å². The number of hydrogen-bond donors (Lipinski definition) is 1. The predicted molar refractivity (Wildman–Crippen MR) is 61.4 cm³/mol. The monoisotopic (exact) mass is 262 g/mol. The van der Waals surface area contributed by atoms with Crippen molar-refractivity contribution in [3.05, 3.63) is 0 Å². The second kappa shape index (κ2) is 4.91. The molecule has 0 radical (unpaired) electrons. The fraction of sp³-hybridized carbons (Fsp3) is 0.900. The molecule has 1 N–H and O–H groups in total. The normalized spacial score (nSPS) is 26.8. The number of hydrogen-bond acceptors (Lipinski definition) is 4. The molecule has 2 fully saturated rings. The fourth-order valence-electron chi connectivity index (χ4n) is 2.01. The van der Waals surface area contributed by atoms with E-state index in [1.807, 2.05) is 0 Å². The minimum Gasteiger partial charge on any atom is -0.469 e. The maximum Gasteiger partial charge on any atom is 0.309 e. The van der Waals surface area contributed by atoms with Crippen molar-refractivity contribution in [2.24, 2.45) is 5.92 Å². The minimum atomic E-state index is -3.42.